The third kappa shape index (κ3) is 3.24. The second kappa shape index (κ2) is 6.03. The van der Waals surface area contributed by atoms with Gasteiger partial charge in [-0.3, -0.25) is 0 Å². The predicted octanol–water partition coefficient (Wildman–Crippen LogP) is 1.06. The Balaban J connectivity index is 4.52. The maximum Gasteiger partial charge on any atom is 0.333 e. The average molecular weight is 192 g/mol. The van der Waals surface area contributed by atoms with Gasteiger partial charge in [-0.25, -0.2) is 4.79 Å². The molecule has 0 bridgehead atoms. The summed E-state index contributed by atoms with van der Waals surface area (Å²) in [4.78, 5) is 11.1. The molecule has 3 nitrogen and oxygen atoms in total. The van der Waals surface area contributed by atoms with Crippen LogP contribution in [0.4, 0.5) is 0 Å². The van der Waals surface area contributed by atoms with Gasteiger partial charge in [0, 0.05) is 11.5 Å². The number of rotatable bonds is 4. The van der Waals surface area contributed by atoms with Crippen molar-refractivity contribution in [3.63, 3.8) is 0 Å². The summed E-state index contributed by atoms with van der Waals surface area (Å²) >= 11 is 5.58. The Labute approximate surface area is 77.5 Å². The van der Waals surface area contributed by atoms with Gasteiger partial charge >= 0.3 is 5.97 Å². The molecule has 0 aromatic heterocycles. The highest BCUT2D eigenvalue weighted by Gasteiger charge is 2.11. The quantitative estimate of drug-likeness (QED) is 0.411. The van der Waals surface area contributed by atoms with Gasteiger partial charge in [0.15, 0.2) is 0 Å². The first-order chi connectivity index (χ1) is 5.67. The first kappa shape index (κ1) is 11.5. The molecule has 0 rings (SSSR count). The second-order valence-corrected chi connectivity index (χ2v) is 2.69. The minimum atomic E-state index is -0.335. The lowest BCUT2D eigenvalue weighted by atomic mass is 10.1. The molecule has 70 valence electrons. The maximum absolute atomic E-state index is 11.1. The summed E-state index contributed by atoms with van der Waals surface area (Å²) in [5.41, 5.74) is 6.75. The molecule has 2 N–H and O–H groups in total. The molecular weight excluding hydrogens is 178 g/mol. The Morgan fingerprint density at radius 1 is 1.58 bits per heavy atom. The first-order valence-electron chi connectivity index (χ1n) is 3.70. The van der Waals surface area contributed by atoms with Crippen LogP contribution in [0.3, 0.4) is 0 Å². The topological polar surface area (TPSA) is 52.3 Å². The summed E-state index contributed by atoms with van der Waals surface area (Å²) in [7, 11) is 1.35. The molecule has 12 heavy (non-hydrogen) atoms. The summed E-state index contributed by atoms with van der Waals surface area (Å²) in [6, 6.07) is 0. The standard InChI is InChI=1S/C8H14ClNO2/c1-6(5-9)7(3-4-10)8(11)12-2/h3-5,10H2,1-2H3. The number of allylic oxidation sites excluding steroid dienone is 1. The zero-order chi connectivity index (χ0) is 9.56. The van der Waals surface area contributed by atoms with Gasteiger partial charge in [0.2, 0.25) is 0 Å². The molecule has 0 fully saturated rings. The van der Waals surface area contributed by atoms with Crippen LogP contribution in [0.25, 0.3) is 0 Å². The molecular formula is C8H14ClNO2. The Kier molecular flexibility index (Phi) is 5.76. The Morgan fingerprint density at radius 2 is 2.17 bits per heavy atom. The molecule has 4 heteroatoms. The fourth-order valence-electron chi connectivity index (χ4n) is 0.838. The minimum Gasteiger partial charge on any atom is -0.466 e. The summed E-state index contributed by atoms with van der Waals surface area (Å²) in [6.45, 7) is 2.23. The molecule has 0 spiro atoms. The van der Waals surface area contributed by atoms with E-state index in [2.05, 4.69) is 4.74 Å². The van der Waals surface area contributed by atoms with E-state index in [0.717, 1.165) is 5.57 Å². The Hall–Kier alpha value is -0.540. The number of ether oxygens (including phenoxy) is 1. The highest BCUT2D eigenvalue weighted by atomic mass is 35.5. The number of hydrogen-bond donors (Lipinski definition) is 1. The lowest BCUT2D eigenvalue weighted by Gasteiger charge is -2.06. The van der Waals surface area contributed by atoms with Gasteiger partial charge in [-0.1, -0.05) is 0 Å². The largest absolute Gasteiger partial charge is 0.466 e. The predicted molar refractivity (Wildman–Crippen MR) is 49.1 cm³/mol. The van der Waals surface area contributed by atoms with Crippen LogP contribution >= 0.6 is 11.6 Å². The number of carbonyl (C=O) groups is 1. The van der Waals surface area contributed by atoms with Gasteiger partial charge in [-0.15, -0.1) is 11.6 Å². The van der Waals surface area contributed by atoms with Crippen LogP contribution in [0.1, 0.15) is 13.3 Å². The number of esters is 1. The van der Waals surface area contributed by atoms with Gasteiger partial charge in [0.1, 0.15) is 0 Å². The van der Waals surface area contributed by atoms with Gasteiger partial charge < -0.3 is 10.5 Å². The van der Waals surface area contributed by atoms with Crippen molar-refractivity contribution in [3.05, 3.63) is 11.1 Å². The van der Waals surface area contributed by atoms with Crippen LogP contribution < -0.4 is 5.73 Å². The van der Waals surface area contributed by atoms with E-state index in [1.807, 2.05) is 0 Å². The molecule has 0 saturated carbocycles. The van der Waals surface area contributed by atoms with Crippen LogP contribution in [-0.2, 0) is 9.53 Å². The van der Waals surface area contributed by atoms with Crippen LogP contribution in [0.15, 0.2) is 11.1 Å². The smallest absolute Gasteiger partial charge is 0.333 e. The van der Waals surface area contributed by atoms with Crippen molar-refractivity contribution in [1.82, 2.24) is 0 Å². The summed E-state index contributed by atoms with van der Waals surface area (Å²) in [5, 5.41) is 0. The van der Waals surface area contributed by atoms with Crippen molar-refractivity contribution in [2.75, 3.05) is 19.5 Å². The van der Waals surface area contributed by atoms with Gasteiger partial charge in [0.05, 0.1) is 7.11 Å². The lowest BCUT2D eigenvalue weighted by Crippen LogP contribution is -2.12. The van der Waals surface area contributed by atoms with E-state index in [0.29, 0.717) is 24.4 Å². The number of nitrogens with two attached hydrogens (primary N) is 1. The van der Waals surface area contributed by atoms with E-state index in [1.54, 1.807) is 6.92 Å². The summed E-state index contributed by atoms with van der Waals surface area (Å²) in [5.74, 6) is 0.00310. The number of carbonyl (C=O) groups excluding carboxylic acids is 1. The van der Waals surface area contributed by atoms with Crippen LogP contribution in [0, 0.1) is 0 Å². The van der Waals surface area contributed by atoms with Crippen LogP contribution in [0.2, 0.25) is 0 Å². The number of hydrogen-bond acceptors (Lipinski definition) is 3. The minimum absolute atomic E-state index is 0.335. The number of halogens is 1. The molecule has 0 unspecified atom stereocenters. The van der Waals surface area contributed by atoms with Crippen molar-refractivity contribution in [2.45, 2.75) is 13.3 Å². The van der Waals surface area contributed by atoms with Crippen molar-refractivity contribution in [1.29, 1.82) is 0 Å². The second-order valence-electron chi connectivity index (χ2n) is 2.42. The third-order valence-electron chi connectivity index (χ3n) is 1.54. The van der Waals surface area contributed by atoms with Crippen molar-refractivity contribution < 1.29 is 9.53 Å². The molecule has 0 aromatic carbocycles. The highest BCUT2D eigenvalue weighted by molar-refractivity contribution is 6.19. The summed E-state index contributed by atoms with van der Waals surface area (Å²) < 4.78 is 4.58. The first-order valence-corrected chi connectivity index (χ1v) is 4.23. The zero-order valence-corrected chi connectivity index (χ0v) is 8.15. The third-order valence-corrected chi connectivity index (χ3v) is 1.94. The van der Waals surface area contributed by atoms with E-state index >= 15 is 0 Å². The molecule has 0 radical (unpaired) electrons. The molecule has 0 aliphatic carbocycles. The SMILES string of the molecule is COC(=O)C(CCN)=C(C)CCl. The molecule has 0 aromatic rings. The van der Waals surface area contributed by atoms with Crippen molar-refractivity contribution >= 4 is 17.6 Å². The van der Waals surface area contributed by atoms with Crippen molar-refractivity contribution in [3.8, 4) is 0 Å². The molecule has 0 aliphatic rings. The number of alkyl halides is 1. The fraction of sp³-hybridized carbons (Fsp3) is 0.625. The monoisotopic (exact) mass is 191 g/mol. The van der Waals surface area contributed by atoms with E-state index < -0.39 is 0 Å². The Bertz CT molecular complexity index is 189. The van der Waals surface area contributed by atoms with Gasteiger partial charge in [-0.05, 0) is 25.5 Å². The maximum atomic E-state index is 11.1. The zero-order valence-electron chi connectivity index (χ0n) is 7.39. The van der Waals surface area contributed by atoms with E-state index in [-0.39, 0.29) is 5.97 Å². The van der Waals surface area contributed by atoms with Gasteiger partial charge in [-0.2, -0.15) is 0 Å². The Morgan fingerprint density at radius 3 is 2.50 bits per heavy atom. The normalized spacial score (nSPS) is 12.3. The van der Waals surface area contributed by atoms with Crippen LogP contribution in [0.5, 0.6) is 0 Å². The molecule has 0 heterocycles. The fourth-order valence-corrected chi connectivity index (χ4v) is 0.999. The summed E-state index contributed by atoms with van der Waals surface area (Å²) in [6.07, 6.45) is 0.519. The molecule has 0 amide bonds. The van der Waals surface area contributed by atoms with E-state index in [4.69, 9.17) is 17.3 Å². The van der Waals surface area contributed by atoms with Crippen molar-refractivity contribution in [2.24, 2.45) is 5.73 Å². The molecule has 0 atom stereocenters. The number of methoxy groups -OCH3 is 1. The van der Waals surface area contributed by atoms with Crippen LogP contribution in [-0.4, -0.2) is 25.5 Å². The lowest BCUT2D eigenvalue weighted by molar-refractivity contribution is -0.136. The highest BCUT2D eigenvalue weighted by Crippen LogP contribution is 2.11. The molecule has 0 saturated heterocycles. The van der Waals surface area contributed by atoms with Gasteiger partial charge in [0.25, 0.3) is 0 Å². The molecule has 0 aliphatic heterocycles. The van der Waals surface area contributed by atoms with E-state index in [9.17, 15) is 4.79 Å². The van der Waals surface area contributed by atoms with E-state index in [1.165, 1.54) is 7.11 Å². The average Bonchev–Trinajstić information content (AvgIpc) is 2.11.